The number of nitrogens with two attached hydrogens (primary N) is 4. The van der Waals surface area contributed by atoms with Crippen LogP contribution in [-0.4, -0.2) is 54.0 Å². The molecule has 0 atom stereocenters. The molecule has 4 aromatic heterocycles. The number of hydrogen-bond acceptors (Lipinski definition) is 11. The maximum absolute atomic E-state index is 11.3. The monoisotopic (exact) mass is 514 g/mol. The Balaban J connectivity index is 1.50. The highest BCUT2D eigenvalue weighted by Gasteiger charge is 2.19. The normalized spacial score (nSPS) is 11.5. The lowest BCUT2D eigenvalue weighted by molar-refractivity contribution is 0.0615. The fraction of sp³-hybridized carbons (Fsp3) is 0.259. The second-order valence-electron chi connectivity index (χ2n) is 9.21. The Hall–Kier alpha value is -4.32. The number of hydrogen-bond donors (Lipinski definition) is 5. The first-order valence-electron chi connectivity index (χ1n) is 12.3. The molecule has 9 N–H and O–H groups in total. The van der Waals surface area contributed by atoms with E-state index in [1.54, 1.807) is 24.3 Å². The zero-order chi connectivity index (χ0) is 26.9. The van der Waals surface area contributed by atoms with Gasteiger partial charge in [0.2, 0.25) is 0 Å². The van der Waals surface area contributed by atoms with Crippen LogP contribution in [0.3, 0.4) is 0 Å². The molecule has 0 aromatic carbocycles. The van der Waals surface area contributed by atoms with Gasteiger partial charge >= 0.3 is 0 Å². The largest absolute Gasteiger partial charge is 0.390 e. The molecule has 0 saturated heterocycles. The Morgan fingerprint density at radius 3 is 1.00 bits per heavy atom. The van der Waals surface area contributed by atoms with Crippen LogP contribution in [0.15, 0.2) is 72.8 Å². The summed E-state index contributed by atoms with van der Waals surface area (Å²) >= 11 is 0. The van der Waals surface area contributed by atoms with E-state index in [0.29, 0.717) is 62.5 Å². The van der Waals surface area contributed by atoms with Crippen molar-refractivity contribution in [1.29, 1.82) is 0 Å². The van der Waals surface area contributed by atoms with E-state index in [0.717, 1.165) is 22.8 Å². The highest BCUT2D eigenvalue weighted by atomic mass is 16.3. The molecule has 0 spiro atoms. The minimum absolute atomic E-state index is 0.359. The number of aliphatic hydroxyl groups excluding tert-OH is 1. The van der Waals surface area contributed by atoms with Crippen molar-refractivity contribution >= 4 is 23.3 Å². The third-order valence-corrected chi connectivity index (χ3v) is 5.79. The van der Waals surface area contributed by atoms with Gasteiger partial charge in [-0.3, -0.25) is 9.80 Å². The third-order valence-electron chi connectivity index (χ3n) is 5.79. The Bertz CT molecular complexity index is 1140. The van der Waals surface area contributed by atoms with Gasteiger partial charge < -0.3 is 28.0 Å². The molecule has 11 nitrogen and oxygen atoms in total. The summed E-state index contributed by atoms with van der Waals surface area (Å²) in [6.07, 6.45) is -0.709. The van der Waals surface area contributed by atoms with E-state index in [2.05, 4.69) is 29.7 Å². The average molecular weight is 515 g/mol. The third kappa shape index (κ3) is 8.37. The summed E-state index contributed by atoms with van der Waals surface area (Å²) in [6, 6.07) is 22.1. The second-order valence-corrected chi connectivity index (χ2v) is 9.21. The molecular formula is C27H34N10O. The molecule has 38 heavy (non-hydrogen) atoms. The first-order valence-corrected chi connectivity index (χ1v) is 12.3. The van der Waals surface area contributed by atoms with Gasteiger partial charge in [-0.15, -0.1) is 0 Å². The maximum atomic E-state index is 11.3. The summed E-state index contributed by atoms with van der Waals surface area (Å²) in [7, 11) is 0. The molecule has 0 aliphatic rings. The number of anilines is 4. The van der Waals surface area contributed by atoms with Crippen LogP contribution in [0, 0.1) is 0 Å². The molecule has 0 aliphatic carbocycles. The molecule has 4 rings (SSSR count). The number of nitrogen functional groups attached to an aromatic ring is 4. The van der Waals surface area contributed by atoms with Crippen LogP contribution in [0.5, 0.6) is 0 Å². The SMILES string of the molecule is Nc1cccc(CN(Cc2cccc(N)n2)CC(O)CN(Cc2cccc(N)n2)Cc2cccc(N)n2)n1. The van der Waals surface area contributed by atoms with E-state index in [1.165, 1.54) is 0 Å². The molecule has 4 aromatic rings. The lowest BCUT2D eigenvalue weighted by Gasteiger charge is -2.29. The van der Waals surface area contributed by atoms with E-state index >= 15 is 0 Å². The number of pyridine rings is 4. The van der Waals surface area contributed by atoms with E-state index in [1.807, 2.05) is 48.5 Å². The van der Waals surface area contributed by atoms with Crippen LogP contribution >= 0.6 is 0 Å². The van der Waals surface area contributed by atoms with Crippen molar-refractivity contribution in [1.82, 2.24) is 29.7 Å². The number of aliphatic hydroxyl groups is 1. The highest BCUT2D eigenvalue weighted by Crippen LogP contribution is 2.14. The number of aromatic nitrogens is 4. The minimum Gasteiger partial charge on any atom is -0.390 e. The van der Waals surface area contributed by atoms with E-state index in [4.69, 9.17) is 22.9 Å². The van der Waals surface area contributed by atoms with Gasteiger partial charge in [0.1, 0.15) is 23.3 Å². The quantitative estimate of drug-likeness (QED) is 0.185. The van der Waals surface area contributed by atoms with Crippen LogP contribution in [0.25, 0.3) is 0 Å². The van der Waals surface area contributed by atoms with E-state index in [-0.39, 0.29) is 0 Å². The summed E-state index contributed by atoms with van der Waals surface area (Å²) in [5.41, 5.74) is 26.8. The molecule has 0 radical (unpaired) electrons. The molecule has 0 bridgehead atoms. The lowest BCUT2D eigenvalue weighted by atomic mass is 10.2. The van der Waals surface area contributed by atoms with Crippen molar-refractivity contribution in [3.63, 3.8) is 0 Å². The van der Waals surface area contributed by atoms with Crippen molar-refractivity contribution in [2.24, 2.45) is 0 Å². The standard InChI is InChI=1S/C27H34N10O/c28-24-9-1-5-19(32-24)13-36(14-20-6-2-10-25(29)33-20)17-23(38)18-37(15-21-7-3-11-26(30)34-21)16-22-8-4-12-27(31)35-22/h1-12,23,38H,13-18H2,(H2,28,32)(H2,29,33)(H2,30,34)(H2,31,35). The lowest BCUT2D eigenvalue weighted by Crippen LogP contribution is -2.40. The predicted molar refractivity (Wildman–Crippen MR) is 149 cm³/mol. The topological polar surface area (TPSA) is 182 Å². The number of rotatable bonds is 12. The summed E-state index contributed by atoms with van der Waals surface area (Å²) in [5.74, 6) is 1.78. The molecule has 0 saturated carbocycles. The first kappa shape index (κ1) is 26.7. The summed E-state index contributed by atoms with van der Waals surface area (Å²) in [6.45, 7) is 2.63. The molecule has 0 aliphatic heterocycles. The van der Waals surface area contributed by atoms with Gasteiger partial charge in [-0.1, -0.05) is 24.3 Å². The fourth-order valence-corrected chi connectivity index (χ4v) is 4.28. The van der Waals surface area contributed by atoms with E-state index < -0.39 is 6.10 Å². The first-order chi connectivity index (χ1) is 18.3. The van der Waals surface area contributed by atoms with Crippen LogP contribution in [-0.2, 0) is 26.2 Å². The molecule has 198 valence electrons. The highest BCUT2D eigenvalue weighted by molar-refractivity contribution is 5.31. The second kappa shape index (κ2) is 12.8. The van der Waals surface area contributed by atoms with Gasteiger partial charge in [-0.2, -0.15) is 0 Å². The van der Waals surface area contributed by atoms with Crippen LogP contribution in [0.2, 0.25) is 0 Å². The Labute approximate surface area is 222 Å². The zero-order valence-corrected chi connectivity index (χ0v) is 21.2. The Kier molecular flexibility index (Phi) is 8.98. The van der Waals surface area contributed by atoms with Gasteiger partial charge in [0.05, 0.1) is 28.9 Å². The predicted octanol–water partition coefficient (Wildman–Crippen LogP) is 1.66. The van der Waals surface area contributed by atoms with Gasteiger partial charge in [0.15, 0.2) is 0 Å². The summed E-state index contributed by atoms with van der Waals surface area (Å²) < 4.78 is 0. The molecule has 0 unspecified atom stereocenters. The average Bonchev–Trinajstić information content (AvgIpc) is 2.84. The Morgan fingerprint density at radius 2 is 0.763 bits per heavy atom. The van der Waals surface area contributed by atoms with Crippen LogP contribution in [0.1, 0.15) is 22.8 Å². The van der Waals surface area contributed by atoms with Crippen LogP contribution in [0.4, 0.5) is 23.3 Å². The van der Waals surface area contributed by atoms with Gasteiger partial charge in [0.25, 0.3) is 0 Å². The van der Waals surface area contributed by atoms with Gasteiger partial charge in [-0.25, -0.2) is 19.9 Å². The van der Waals surface area contributed by atoms with Gasteiger partial charge in [-0.05, 0) is 48.5 Å². The summed E-state index contributed by atoms with van der Waals surface area (Å²) in [4.78, 5) is 21.9. The minimum atomic E-state index is -0.709. The maximum Gasteiger partial charge on any atom is 0.123 e. The molecule has 0 fully saturated rings. The van der Waals surface area contributed by atoms with Crippen molar-refractivity contribution in [2.45, 2.75) is 32.3 Å². The molecular weight excluding hydrogens is 480 g/mol. The summed E-state index contributed by atoms with van der Waals surface area (Å²) in [5, 5.41) is 11.3. The van der Waals surface area contributed by atoms with Crippen molar-refractivity contribution in [2.75, 3.05) is 36.0 Å². The van der Waals surface area contributed by atoms with Crippen molar-refractivity contribution < 1.29 is 5.11 Å². The Morgan fingerprint density at radius 1 is 0.500 bits per heavy atom. The van der Waals surface area contributed by atoms with E-state index in [9.17, 15) is 5.11 Å². The molecule has 0 amide bonds. The molecule has 4 heterocycles. The smallest absolute Gasteiger partial charge is 0.123 e. The van der Waals surface area contributed by atoms with Crippen molar-refractivity contribution in [3.05, 3.63) is 95.6 Å². The zero-order valence-electron chi connectivity index (χ0n) is 21.2. The van der Waals surface area contributed by atoms with Gasteiger partial charge in [0, 0.05) is 39.3 Å². The van der Waals surface area contributed by atoms with Crippen LogP contribution < -0.4 is 22.9 Å². The fourth-order valence-electron chi connectivity index (χ4n) is 4.28. The molecule has 11 heteroatoms. The number of nitrogens with zero attached hydrogens (tertiary/aromatic N) is 6. The van der Waals surface area contributed by atoms with Crippen molar-refractivity contribution in [3.8, 4) is 0 Å².